The molecule has 0 bridgehead atoms. The smallest absolute Gasteiger partial charge is 0.253 e. The molecule has 1 atom stereocenters. The Morgan fingerprint density at radius 1 is 1.00 bits per heavy atom. The van der Waals surface area contributed by atoms with Crippen molar-refractivity contribution in [3.8, 4) is 10.4 Å². The Kier molecular flexibility index (Phi) is 5.01. The van der Waals surface area contributed by atoms with Gasteiger partial charge in [-0.05, 0) is 47.5 Å². The molecular weight excluding hydrogens is 368 g/mol. The summed E-state index contributed by atoms with van der Waals surface area (Å²) in [5, 5.41) is 2.05. The van der Waals surface area contributed by atoms with Crippen LogP contribution in [0.3, 0.4) is 0 Å². The number of nitrogens with zero attached hydrogens (tertiary/aromatic N) is 1. The van der Waals surface area contributed by atoms with Crippen molar-refractivity contribution in [3.05, 3.63) is 83.2 Å². The number of hydrogen-bond donors (Lipinski definition) is 1. The van der Waals surface area contributed by atoms with Gasteiger partial charge in [-0.25, -0.2) is 0 Å². The van der Waals surface area contributed by atoms with Gasteiger partial charge in [0.1, 0.15) is 0 Å². The van der Waals surface area contributed by atoms with Gasteiger partial charge in [0.15, 0.2) is 0 Å². The van der Waals surface area contributed by atoms with Crippen LogP contribution < -0.4 is 5.73 Å². The Morgan fingerprint density at radius 3 is 2.46 bits per heavy atom. The van der Waals surface area contributed by atoms with Gasteiger partial charge in [-0.1, -0.05) is 48.5 Å². The highest BCUT2D eigenvalue weighted by atomic mass is 32.1. The fourth-order valence-electron chi connectivity index (χ4n) is 3.95. The number of primary amides is 1. The van der Waals surface area contributed by atoms with Crippen LogP contribution in [0, 0.1) is 5.41 Å². The molecule has 2 amide bonds. The van der Waals surface area contributed by atoms with Gasteiger partial charge in [0.25, 0.3) is 5.91 Å². The number of carbonyl (C=O) groups excluding carboxylic acids is 2. The van der Waals surface area contributed by atoms with Crippen molar-refractivity contribution in [3.63, 3.8) is 0 Å². The second-order valence-electron chi connectivity index (χ2n) is 7.30. The molecule has 1 aromatic heterocycles. The maximum absolute atomic E-state index is 12.8. The maximum atomic E-state index is 12.8. The molecule has 1 aliphatic rings. The van der Waals surface area contributed by atoms with E-state index in [4.69, 9.17) is 5.73 Å². The molecule has 0 spiro atoms. The summed E-state index contributed by atoms with van der Waals surface area (Å²) >= 11 is 1.68. The molecule has 5 heteroatoms. The predicted molar refractivity (Wildman–Crippen MR) is 112 cm³/mol. The Hall–Kier alpha value is -2.92. The van der Waals surface area contributed by atoms with Gasteiger partial charge >= 0.3 is 0 Å². The SMILES string of the molecule is NC(=O)[C@@]1(Cc2ccccc2-c2cccs2)CCN(C(=O)c2ccccc2)C1. The van der Waals surface area contributed by atoms with E-state index in [0.717, 1.165) is 11.1 Å². The van der Waals surface area contributed by atoms with E-state index >= 15 is 0 Å². The molecule has 1 aliphatic heterocycles. The highest BCUT2D eigenvalue weighted by molar-refractivity contribution is 7.13. The third-order valence-electron chi connectivity index (χ3n) is 5.52. The summed E-state index contributed by atoms with van der Waals surface area (Å²) in [6.45, 7) is 0.896. The van der Waals surface area contributed by atoms with Crippen LogP contribution in [0.15, 0.2) is 72.1 Å². The van der Waals surface area contributed by atoms with E-state index in [1.54, 1.807) is 28.4 Å². The normalized spacial score (nSPS) is 18.9. The summed E-state index contributed by atoms with van der Waals surface area (Å²) in [4.78, 5) is 28.3. The lowest BCUT2D eigenvalue weighted by Crippen LogP contribution is -2.42. The molecule has 0 unspecified atom stereocenters. The number of rotatable bonds is 5. The molecule has 1 saturated heterocycles. The maximum Gasteiger partial charge on any atom is 0.253 e. The first-order valence-corrected chi connectivity index (χ1v) is 10.2. The fourth-order valence-corrected chi connectivity index (χ4v) is 4.74. The summed E-state index contributed by atoms with van der Waals surface area (Å²) in [6, 6.07) is 21.4. The van der Waals surface area contributed by atoms with E-state index in [9.17, 15) is 9.59 Å². The van der Waals surface area contributed by atoms with E-state index in [1.165, 1.54) is 4.88 Å². The van der Waals surface area contributed by atoms with Crippen LogP contribution in [-0.4, -0.2) is 29.8 Å². The number of nitrogens with two attached hydrogens (primary N) is 1. The molecule has 142 valence electrons. The lowest BCUT2D eigenvalue weighted by Gasteiger charge is -2.27. The first kappa shape index (κ1) is 18.4. The summed E-state index contributed by atoms with van der Waals surface area (Å²) in [5.41, 5.74) is 8.00. The van der Waals surface area contributed by atoms with Crippen molar-refractivity contribution in [2.45, 2.75) is 12.8 Å². The van der Waals surface area contributed by atoms with Gasteiger partial charge in [-0.15, -0.1) is 11.3 Å². The zero-order chi connectivity index (χ0) is 19.6. The van der Waals surface area contributed by atoms with E-state index < -0.39 is 5.41 Å². The van der Waals surface area contributed by atoms with Crippen molar-refractivity contribution in [2.24, 2.45) is 11.1 Å². The first-order chi connectivity index (χ1) is 13.6. The lowest BCUT2D eigenvalue weighted by molar-refractivity contribution is -0.126. The predicted octanol–water partition coefficient (Wildman–Crippen LogP) is 3.98. The van der Waals surface area contributed by atoms with Crippen LogP contribution in [0.2, 0.25) is 0 Å². The van der Waals surface area contributed by atoms with E-state index in [0.29, 0.717) is 31.5 Å². The number of hydrogen-bond acceptors (Lipinski definition) is 3. The number of thiophene rings is 1. The van der Waals surface area contributed by atoms with Crippen LogP contribution in [-0.2, 0) is 11.2 Å². The Labute approximate surface area is 168 Å². The van der Waals surface area contributed by atoms with Gasteiger partial charge in [-0.2, -0.15) is 0 Å². The third-order valence-corrected chi connectivity index (χ3v) is 6.42. The van der Waals surface area contributed by atoms with Gasteiger partial charge in [0, 0.05) is 23.5 Å². The molecule has 2 heterocycles. The molecule has 28 heavy (non-hydrogen) atoms. The van der Waals surface area contributed by atoms with Gasteiger partial charge in [-0.3, -0.25) is 9.59 Å². The quantitative estimate of drug-likeness (QED) is 0.716. The minimum absolute atomic E-state index is 0.0460. The minimum Gasteiger partial charge on any atom is -0.369 e. The molecule has 2 N–H and O–H groups in total. The molecule has 0 saturated carbocycles. The zero-order valence-corrected chi connectivity index (χ0v) is 16.3. The number of benzene rings is 2. The van der Waals surface area contributed by atoms with Crippen molar-refractivity contribution in [1.82, 2.24) is 4.90 Å². The molecule has 0 aliphatic carbocycles. The van der Waals surface area contributed by atoms with Gasteiger partial charge in [0.05, 0.1) is 5.41 Å². The Balaban J connectivity index is 1.61. The Bertz CT molecular complexity index is 985. The van der Waals surface area contributed by atoms with Crippen LogP contribution in [0.5, 0.6) is 0 Å². The average Bonchev–Trinajstić information content (AvgIpc) is 3.40. The summed E-state index contributed by atoms with van der Waals surface area (Å²) < 4.78 is 0. The summed E-state index contributed by atoms with van der Waals surface area (Å²) in [7, 11) is 0. The molecule has 3 aromatic rings. The number of carbonyl (C=O) groups is 2. The van der Waals surface area contributed by atoms with Gasteiger partial charge in [0.2, 0.25) is 5.91 Å². The third kappa shape index (κ3) is 3.45. The molecule has 0 radical (unpaired) electrons. The second-order valence-corrected chi connectivity index (χ2v) is 8.25. The van der Waals surface area contributed by atoms with Crippen molar-refractivity contribution < 1.29 is 9.59 Å². The van der Waals surface area contributed by atoms with Crippen molar-refractivity contribution in [2.75, 3.05) is 13.1 Å². The number of amides is 2. The van der Waals surface area contributed by atoms with E-state index in [1.807, 2.05) is 41.8 Å². The largest absolute Gasteiger partial charge is 0.369 e. The lowest BCUT2D eigenvalue weighted by atomic mass is 9.79. The fraction of sp³-hybridized carbons (Fsp3) is 0.217. The average molecular weight is 391 g/mol. The zero-order valence-electron chi connectivity index (χ0n) is 15.5. The van der Waals surface area contributed by atoms with Crippen LogP contribution in [0.4, 0.5) is 0 Å². The van der Waals surface area contributed by atoms with Crippen molar-refractivity contribution in [1.29, 1.82) is 0 Å². The first-order valence-electron chi connectivity index (χ1n) is 9.35. The van der Waals surface area contributed by atoms with Crippen LogP contribution in [0.1, 0.15) is 22.3 Å². The topological polar surface area (TPSA) is 63.4 Å². The Morgan fingerprint density at radius 2 is 1.75 bits per heavy atom. The molecule has 4 rings (SSSR count). The molecule has 1 fully saturated rings. The van der Waals surface area contributed by atoms with Crippen LogP contribution in [0.25, 0.3) is 10.4 Å². The molecule has 4 nitrogen and oxygen atoms in total. The highest BCUT2D eigenvalue weighted by Gasteiger charge is 2.45. The van der Waals surface area contributed by atoms with Crippen LogP contribution >= 0.6 is 11.3 Å². The van der Waals surface area contributed by atoms with Gasteiger partial charge < -0.3 is 10.6 Å². The van der Waals surface area contributed by atoms with Crippen molar-refractivity contribution >= 4 is 23.2 Å². The standard InChI is InChI=1S/C23H22N2O2S/c24-22(27)23(12-13-25(16-23)21(26)17-7-2-1-3-8-17)15-18-9-4-5-10-19(18)20-11-6-14-28-20/h1-11,14H,12-13,15-16H2,(H2,24,27)/t23-/m1/s1. The minimum atomic E-state index is -0.738. The molecule has 2 aromatic carbocycles. The molecular formula is C23H22N2O2S. The summed E-state index contributed by atoms with van der Waals surface area (Å²) in [6.07, 6.45) is 1.12. The highest BCUT2D eigenvalue weighted by Crippen LogP contribution is 2.38. The second kappa shape index (κ2) is 7.60. The van der Waals surface area contributed by atoms with E-state index in [2.05, 4.69) is 18.2 Å². The monoisotopic (exact) mass is 390 g/mol. The summed E-state index contributed by atoms with van der Waals surface area (Å²) in [5.74, 6) is -0.382. The number of likely N-dealkylation sites (tertiary alicyclic amines) is 1. The van der Waals surface area contributed by atoms with E-state index in [-0.39, 0.29) is 11.8 Å².